The summed E-state index contributed by atoms with van der Waals surface area (Å²) in [4.78, 5) is 8.37. The van der Waals surface area contributed by atoms with Gasteiger partial charge in [0.05, 0.1) is 11.1 Å². The number of nitrogens with one attached hydrogen (secondary N) is 2. The van der Waals surface area contributed by atoms with Crippen LogP contribution in [-0.4, -0.2) is 26.2 Å². The van der Waals surface area contributed by atoms with Gasteiger partial charge in [0.1, 0.15) is 12.1 Å². The Balaban J connectivity index is 2.45. The molecule has 0 radical (unpaired) electrons. The Kier molecular flexibility index (Phi) is 2.53. The maximum absolute atomic E-state index is 4.25. The first-order valence-electron chi connectivity index (χ1n) is 5.14. The minimum Gasteiger partial charge on any atom is -0.367 e. The quantitative estimate of drug-likeness (QED) is 0.802. The first-order chi connectivity index (χ1) is 7.22. The summed E-state index contributed by atoms with van der Waals surface area (Å²) in [6.07, 6.45) is 2.60. The lowest BCUT2D eigenvalue weighted by atomic mass is 10.2. The van der Waals surface area contributed by atoms with Crippen molar-refractivity contribution in [1.29, 1.82) is 0 Å². The summed E-state index contributed by atoms with van der Waals surface area (Å²) < 4.78 is 0. The van der Waals surface area contributed by atoms with E-state index in [1.807, 2.05) is 6.92 Å². The van der Waals surface area contributed by atoms with Crippen LogP contribution in [0.2, 0.25) is 0 Å². The largest absolute Gasteiger partial charge is 0.367 e. The van der Waals surface area contributed by atoms with Crippen LogP contribution in [0.1, 0.15) is 26.0 Å². The third-order valence-electron chi connectivity index (χ3n) is 2.53. The molecule has 0 saturated heterocycles. The van der Waals surface area contributed by atoms with Gasteiger partial charge in [-0.05, 0) is 20.3 Å². The first-order valence-corrected chi connectivity index (χ1v) is 5.14. The van der Waals surface area contributed by atoms with Crippen molar-refractivity contribution in [2.24, 2.45) is 0 Å². The van der Waals surface area contributed by atoms with Crippen molar-refractivity contribution in [3.05, 3.63) is 12.0 Å². The zero-order valence-corrected chi connectivity index (χ0v) is 9.20. The third-order valence-corrected chi connectivity index (χ3v) is 2.53. The Labute approximate surface area is 88.3 Å². The molecule has 2 aromatic heterocycles. The van der Waals surface area contributed by atoms with E-state index in [1.54, 1.807) is 6.33 Å². The van der Waals surface area contributed by atoms with Gasteiger partial charge >= 0.3 is 0 Å². The molecule has 0 aromatic carbocycles. The molecule has 2 N–H and O–H groups in total. The fraction of sp³-hybridized carbons (Fsp3) is 0.500. The van der Waals surface area contributed by atoms with Crippen LogP contribution in [0.5, 0.6) is 0 Å². The molecule has 2 rings (SSSR count). The predicted octanol–water partition coefficient (Wildman–Crippen LogP) is 1.87. The van der Waals surface area contributed by atoms with E-state index in [0.29, 0.717) is 6.04 Å². The summed E-state index contributed by atoms with van der Waals surface area (Å²) in [6, 6.07) is 0.400. The number of aryl methyl sites for hydroxylation is 1. The number of aromatic nitrogens is 4. The van der Waals surface area contributed by atoms with Crippen LogP contribution in [0.3, 0.4) is 0 Å². The highest BCUT2D eigenvalue weighted by atomic mass is 15.2. The third kappa shape index (κ3) is 1.77. The Bertz CT molecular complexity index is 462. The average molecular weight is 205 g/mol. The molecule has 1 atom stereocenters. The Hall–Kier alpha value is -1.65. The Morgan fingerprint density at radius 2 is 2.27 bits per heavy atom. The molecule has 5 nitrogen and oxygen atoms in total. The van der Waals surface area contributed by atoms with Crippen molar-refractivity contribution >= 4 is 16.9 Å². The molecule has 2 aromatic rings. The molecule has 0 unspecified atom stereocenters. The number of hydrogen-bond donors (Lipinski definition) is 2. The van der Waals surface area contributed by atoms with Gasteiger partial charge in [0.2, 0.25) is 0 Å². The van der Waals surface area contributed by atoms with Crippen molar-refractivity contribution in [3.63, 3.8) is 0 Å². The van der Waals surface area contributed by atoms with Crippen LogP contribution in [0.15, 0.2) is 6.33 Å². The Morgan fingerprint density at radius 3 is 3.00 bits per heavy atom. The lowest BCUT2D eigenvalue weighted by Gasteiger charge is -2.12. The van der Waals surface area contributed by atoms with Crippen LogP contribution in [0.25, 0.3) is 11.0 Å². The van der Waals surface area contributed by atoms with Crippen molar-refractivity contribution in [2.75, 3.05) is 5.32 Å². The van der Waals surface area contributed by atoms with E-state index in [0.717, 1.165) is 29.0 Å². The molecule has 80 valence electrons. The number of aromatic amines is 1. The van der Waals surface area contributed by atoms with Gasteiger partial charge in [-0.3, -0.25) is 5.10 Å². The molecule has 0 amide bonds. The number of hydrogen-bond acceptors (Lipinski definition) is 4. The number of H-pyrrole nitrogens is 1. The average Bonchev–Trinajstić information content (AvgIpc) is 2.61. The number of fused-ring (bicyclic) bond motifs is 1. The predicted molar refractivity (Wildman–Crippen MR) is 59.8 cm³/mol. The summed E-state index contributed by atoms with van der Waals surface area (Å²) in [7, 11) is 0. The van der Waals surface area contributed by atoms with Gasteiger partial charge in [-0.1, -0.05) is 6.92 Å². The molecular formula is C10H15N5. The SMILES string of the molecule is CC[C@@H](C)Nc1ncnc2[nH]nc(C)c12. The molecule has 0 saturated carbocycles. The van der Waals surface area contributed by atoms with Gasteiger partial charge < -0.3 is 5.32 Å². The van der Waals surface area contributed by atoms with E-state index >= 15 is 0 Å². The van der Waals surface area contributed by atoms with E-state index < -0.39 is 0 Å². The minimum atomic E-state index is 0.400. The summed E-state index contributed by atoms with van der Waals surface area (Å²) >= 11 is 0. The standard InChI is InChI=1S/C10H15N5/c1-4-6(2)13-9-8-7(3)14-15-10(8)12-5-11-9/h5-6H,4H2,1-3H3,(H2,11,12,13,14,15)/t6-/m1/s1. The first kappa shape index (κ1) is 9.89. The van der Waals surface area contributed by atoms with E-state index in [4.69, 9.17) is 0 Å². The second-order valence-electron chi connectivity index (χ2n) is 3.71. The molecule has 2 heterocycles. The van der Waals surface area contributed by atoms with Gasteiger partial charge in [-0.25, -0.2) is 9.97 Å². The van der Waals surface area contributed by atoms with Gasteiger partial charge in [0.15, 0.2) is 5.65 Å². The van der Waals surface area contributed by atoms with Crippen molar-refractivity contribution in [3.8, 4) is 0 Å². The molecular weight excluding hydrogens is 190 g/mol. The van der Waals surface area contributed by atoms with Gasteiger partial charge in [0.25, 0.3) is 0 Å². The molecule has 5 heteroatoms. The van der Waals surface area contributed by atoms with Crippen molar-refractivity contribution < 1.29 is 0 Å². The van der Waals surface area contributed by atoms with Gasteiger partial charge in [0, 0.05) is 6.04 Å². The van der Waals surface area contributed by atoms with E-state index in [1.165, 1.54) is 0 Å². The minimum absolute atomic E-state index is 0.400. The zero-order chi connectivity index (χ0) is 10.8. The molecule has 0 fully saturated rings. The van der Waals surface area contributed by atoms with E-state index in [-0.39, 0.29) is 0 Å². The Morgan fingerprint density at radius 1 is 1.47 bits per heavy atom. The fourth-order valence-corrected chi connectivity index (χ4v) is 1.45. The summed E-state index contributed by atoms with van der Waals surface area (Å²) in [6.45, 7) is 6.21. The van der Waals surface area contributed by atoms with Crippen molar-refractivity contribution in [1.82, 2.24) is 20.2 Å². The monoisotopic (exact) mass is 205 g/mol. The number of rotatable bonds is 3. The smallest absolute Gasteiger partial charge is 0.160 e. The van der Waals surface area contributed by atoms with E-state index in [9.17, 15) is 0 Å². The highest BCUT2D eigenvalue weighted by Gasteiger charge is 2.10. The second-order valence-corrected chi connectivity index (χ2v) is 3.71. The fourth-order valence-electron chi connectivity index (χ4n) is 1.45. The van der Waals surface area contributed by atoms with Crippen LogP contribution in [0.4, 0.5) is 5.82 Å². The van der Waals surface area contributed by atoms with Crippen LogP contribution >= 0.6 is 0 Å². The lowest BCUT2D eigenvalue weighted by molar-refractivity contribution is 0.760. The van der Waals surface area contributed by atoms with E-state index in [2.05, 4.69) is 39.3 Å². The summed E-state index contributed by atoms with van der Waals surface area (Å²) in [5.74, 6) is 0.862. The normalized spacial score (nSPS) is 13.0. The molecule has 0 aliphatic heterocycles. The summed E-state index contributed by atoms with van der Waals surface area (Å²) in [5.41, 5.74) is 1.71. The topological polar surface area (TPSA) is 66.5 Å². The van der Waals surface area contributed by atoms with Crippen LogP contribution < -0.4 is 5.32 Å². The number of nitrogens with zero attached hydrogens (tertiary/aromatic N) is 3. The van der Waals surface area contributed by atoms with Crippen LogP contribution in [0, 0.1) is 6.92 Å². The molecule has 0 aliphatic rings. The zero-order valence-electron chi connectivity index (χ0n) is 9.20. The van der Waals surface area contributed by atoms with Gasteiger partial charge in [-0.2, -0.15) is 5.10 Å². The molecule has 0 spiro atoms. The second kappa shape index (κ2) is 3.84. The maximum atomic E-state index is 4.25. The highest BCUT2D eigenvalue weighted by Crippen LogP contribution is 2.21. The summed E-state index contributed by atoms with van der Waals surface area (Å²) in [5, 5.41) is 11.3. The van der Waals surface area contributed by atoms with Gasteiger partial charge in [-0.15, -0.1) is 0 Å². The highest BCUT2D eigenvalue weighted by molar-refractivity contribution is 5.88. The molecule has 15 heavy (non-hydrogen) atoms. The van der Waals surface area contributed by atoms with Crippen LogP contribution in [-0.2, 0) is 0 Å². The molecule has 0 bridgehead atoms. The van der Waals surface area contributed by atoms with Crippen molar-refractivity contribution in [2.45, 2.75) is 33.2 Å². The molecule has 0 aliphatic carbocycles. The number of anilines is 1. The maximum Gasteiger partial charge on any atom is 0.160 e. The lowest BCUT2D eigenvalue weighted by Crippen LogP contribution is -2.14.